The van der Waals surface area contributed by atoms with E-state index in [1.165, 1.54) is 10.7 Å². The van der Waals surface area contributed by atoms with Crippen LogP contribution in [0.15, 0.2) is 24.3 Å². The molecule has 0 radical (unpaired) electrons. The fourth-order valence-corrected chi connectivity index (χ4v) is 2.70. The molecule has 0 aliphatic carbocycles. The van der Waals surface area contributed by atoms with Gasteiger partial charge in [-0.25, -0.2) is 9.07 Å². The molecule has 21 heavy (non-hydrogen) atoms. The van der Waals surface area contributed by atoms with Gasteiger partial charge in [-0.05, 0) is 22.6 Å². The molecule has 1 aromatic carbocycles. The number of hydrogen-bond acceptors (Lipinski definition) is 6. The Balaban J connectivity index is 1.76. The van der Waals surface area contributed by atoms with Gasteiger partial charge in [0, 0.05) is 6.42 Å². The van der Waals surface area contributed by atoms with Crippen molar-refractivity contribution in [3.8, 4) is 11.4 Å². The highest BCUT2D eigenvalue weighted by Gasteiger charge is 2.45. The van der Waals surface area contributed by atoms with Crippen LogP contribution in [0.4, 0.5) is 4.39 Å². The Morgan fingerprint density at radius 1 is 1.33 bits per heavy atom. The van der Waals surface area contributed by atoms with Crippen molar-refractivity contribution in [1.29, 1.82) is 0 Å². The van der Waals surface area contributed by atoms with E-state index in [0.29, 0.717) is 6.61 Å². The van der Waals surface area contributed by atoms with Gasteiger partial charge in [0.1, 0.15) is 11.9 Å². The Morgan fingerprint density at radius 3 is 3.05 bits per heavy atom. The summed E-state index contributed by atoms with van der Waals surface area (Å²) in [4.78, 5) is 11.9. The molecule has 8 heteroatoms. The van der Waals surface area contributed by atoms with E-state index in [1.54, 1.807) is 18.2 Å². The smallest absolute Gasteiger partial charge is 0.218 e. The summed E-state index contributed by atoms with van der Waals surface area (Å²) in [5, 5.41) is 11.4. The zero-order chi connectivity index (χ0) is 14.4. The van der Waals surface area contributed by atoms with Gasteiger partial charge in [-0.15, -0.1) is 5.10 Å². The van der Waals surface area contributed by atoms with Crippen molar-refractivity contribution in [3.63, 3.8) is 0 Å². The maximum atomic E-state index is 13.9. The normalized spacial score (nSPS) is 28.0. The Bertz CT molecular complexity index is 704. The average Bonchev–Trinajstić information content (AvgIpc) is 3.12. The largest absolute Gasteiger partial charge is 0.343 e. The number of aromatic nitrogens is 4. The predicted molar refractivity (Wildman–Crippen MR) is 66.5 cm³/mol. The molecular weight excluding hydrogens is 279 g/mol. The fraction of sp³-hybridized carbons (Fsp3) is 0.385. The standard InChI is InChI=1S/C13H11FN4O3/c14-8-4-2-1-3-7(8)12-15-16-17-18(12)9-5-10(19)13-20-6-11(9)21-13/h1-4,9,11,13H,5-6H2/t9-,11-,13-/m1/s1. The number of halogens is 1. The predicted octanol–water partition coefficient (Wildman–Crippen LogP) is 0.735. The SMILES string of the molecule is O=C1C[C@@H](n2nnnc2-c2ccccc2F)[C@H]2CO[C@@H]1O2. The molecule has 2 saturated heterocycles. The number of carbonyl (C=O) groups excluding carboxylic acids is 1. The van der Waals surface area contributed by atoms with Crippen LogP contribution in [0.25, 0.3) is 11.4 Å². The minimum Gasteiger partial charge on any atom is -0.343 e. The molecule has 2 aliphatic heterocycles. The molecular formula is C13H11FN4O3. The zero-order valence-electron chi connectivity index (χ0n) is 10.8. The number of tetrazole rings is 1. The van der Waals surface area contributed by atoms with Crippen molar-refractivity contribution in [2.24, 2.45) is 0 Å². The second-order valence-corrected chi connectivity index (χ2v) is 5.00. The lowest BCUT2D eigenvalue weighted by Crippen LogP contribution is -2.37. The quantitative estimate of drug-likeness (QED) is 0.811. The number of nitrogens with zero attached hydrogens (tertiary/aromatic N) is 4. The molecule has 0 spiro atoms. The van der Waals surface area contributed by atoms with E-state index in [9.17, 15) is 9.18 Å². The van der Waals surface area contributed by atoms with Gasteiger partial charge in [-0.2, -0.15) is 0 Å². The highest BCUT2D eigenvalue weighted by Crippen LogP contribution is 2.34. The van der Waals surface area contributed by atoms with Crippen molar-refractivity contribution in [3.05, 3.63) is 30.1 Å². The van der Waals surface area contributed by atoms with Gasteiger partial charge in [0.25, 0.3) is 0 Å². The van der Waals surface area contributed by atoms with Crippen molar-refractivity contribution in [2.75, 3.05) is 6.61 Å². The van der Waals surface area contributed by atoms with Crippen LogP contribution in [-0.2, 0) is 14.3 Å². The number of ketones is 1. The van der Waals surface area contributed by atoms with E-state index in [4.69, 9.17) is 9.47 Å². The summed E-state index contributed by atoms with van der Waals surface area (Å²) in [7, 11) is 0. The molecule has 0 saturated carbocycles. The fourth-order valence-electron chi connectivity index (χ4n) is 2.70. The first-order valence-electron chi connectivity index (χ1n) is 6.56. The lowest BCUT2D eigenvalue weighted by atomic mass is 10.0. The molecule has 1 aromatic heterocycles. The third kappa shape index (κ3) is 1.95. The Morgan fingerprint density at radius 2 is 2.19 bits per heavy atom. The number of carbonyl (C=O) groups is 1. The minimum atomic E-state index is -0.778. The number of rotatable bonds is 2. The van der Waals surface area contributed by atoms with Crippen LogP contribution in [0, 0.1) is 5.82 Å². The lowest BCUT2D eigenvalue weighted by molar-refractivity contribution is -0.156. The van der Waals surface area contributed by atoms with E-state index < -0.39 is 12.1 Å². The first kappa shape index (κ1) is 12.5. The van der Waals surface area contributed by atoms with Crippen LogP contribution in [-0.4, -0.2) is 45.0 Å². The highest BCUT2D eigenvalue weighted by atomic mass is 19.1. The van der Waals surface area contributed by atoms with Gasteiger partial charge >= 0.3 is 0 Å². The highest BCUT2D eigenvalue weighted by molar-refractivity contribution is 5.83. The van der Waals surface area contributed by atoms with E-state index >= 15 is 0 Å². The third-order valence-electron chi connectivity index (χ3n) is 3.73. The maximum absolute atomic E-state index is 13.9. The summed E-state index contributed by atoms with van der Waals surface area (Å²) in [6.07, 6.45) is -0.872. The molecule has 0 amide bonds. The summed E-state index contributed by atoms with van der Waals surface area (Å²) >= 11 is 0. The number of fused-ring (bicyclic) bond motifs is 2. The monoisotopic (exact) mass is 290 g/mol. The number of hydrogen-bond donors (Lipinski definition) is 0. The molecule has 4 rings (SSSR count). The van der Waals surface area contributed by atoms with Crippen LogP contribution >= 0.6 is 0 Å². The first-order valence-corrected chi connectivity index (χ1v) is 6.56. The summed E-state index contributed by atoms with van der Waals surface area (Å²) in [6.45, 7) is 0.303. The third-order valence-corrected chi connectivity index (χ3v) is 3.73. The molecule has 2 aromatic rings. The first-order chi connectivity index (χ1) is 10.2. The topological polar surface area (TPSA) is 79.1 Å². The van der Waals surface area contributed by atoms with Crippen LogP contribution in [0.2, 0.25) is 0 Å². The van der Waals surface area contributed by atoms with Crippen molar-refractivity contribution < 1.29 is 18.7 Å². The van der Waals surface area contributed by atoms with Crippen molar-refractivity contribution in [2.45, 2.75) is 24.9 Å². The maximum Gasteiger partial charge on any atom is 0.218 e. The van der Waals surface area contributed by atoms with E-state index in [2.05, 4.69) is 15.5 Å². The second-order valence-electron chi connectivity index (χ2n) is 5.00. The number of Topliss-reactive ketones (excluding diaryl/α,β-unsaturated/α-hetero) is 1. The lowest BCUT2D eigenvalue weighted by Gasteiger charge is -2.26. The molecule has 2 aliphatic rings. The summed E-state index contributed by atoms with van der Waals surface area (Å²) in [6, 6.07) is 5.84. The van der Waals surface area contributed by atoms with Gasteiger partial charge in [0.2, 0.25) is 6.29 Å². The molecule has 3 atom stereocenters. The van der Waals surface area contributed by atoms with Crippen LogP contribution in [0.3, 0.4) is 0 Å². The molecule has 7 nitrogen and oxygen atoms in total. The van der Waals surface area contributed by atoms with Crippen molar-refractivity contribution in [1.82, 2.24) is 20.2 Å². The van der Waals surface area contributed by atoms with Gasteiger partial charge in [0.05, 0.1) is 18.2 Å². The Hall–Kier alpha value is -2.19. The van der Waals surface area contributed by atoms with Crippen LogP contribution in [0.1, 0.15) is 12.5 Å². The molecule has 3 heterocycles. The Labute approximate surface area is 118 Å². The average molecular weight is 290 g/mol. The van der Waals surface area contributed by atoms with E-state index in [0.717, 1.165) is 0 Å². The summed E-state index contributed by atoms with van der Waals surface area (Å²) < 4.78 is 26.1. The van der Waals surface area contributed by atoms with Gasteiger partial charge in [-0.1, -0.05) is 12.1 Å². The minimum absolute atomic E-state index is 0.149. The molecule has 2 bridgehead atoms. The number of benzene rings is 1. The van der Waals surface area contributed by atoms with Gasteiger partial charge < -0.3 is 9.47 Å². The van der Waals surface area contributed by atoms with Crippen LogP contribution in [0.5, 0.6) is 0 Å². The summed E-state index contributed by atoms with van der Waals surface area (Å²) in [5.74, 6) is -0.291. The van der Waals surface area contributed by atoms with E-state index in [1.807, 2.05) is 0 Å². The zero-order valence-corrected chi connectivity index (χ0v) is 10.8. The molecule has 0 N–H and O–H groups in total. The molecule has 108 valence electrons. The summed E-state index contributed by atoms with van der Waals surface area (Å²) in [5.41, 5.74) is 0.288. The van der Waals surface area contributed by atoms with Gasteiger partial charge in [-0.3, -0.25) is 4.79 Å². The second kappa shape index (κ2) is 4.68. The van der Waals surface area contributed by atoms with Crippen LogP contribution < -0.4 is 0 Å². The number of ether oxygens (including phenoxy) is 2. The van der Waals surface area contributed by atoms with E-state index in [-0.39, 0.29) is 35.7 Å². The molecule has 2 fully saturated rings. The van der Waals surface area contributed by atoms with Crippen molar-refractivity contribution >= 4 is 5.78 Å². The van der Waals surface area contributed by atoms with Gasteiger partial charge in [0.15, 0.2) is 11.6 Å². The Kier molecular flexibility index (Phi) is 2.79. The molecule has 0 unspecified atom stereocenters.